The Hall–Kier alpha value is -0.900. The molecule has 1 aromatic rings. The number of hydrogen-bond acceptors (Lipinski definition) is 4. The first-order valence-corrected chi connectivity index (χ1v) is 7.37. The predicted molar refractivity (Wildman–Crippen MR) is 72.5 cm³/mol. The number of carbonyl (C=O) groups excluding carboxylic acids is 1. The van der Waals surface area contributed by atoms with E-state index in [1.807, 2.05) is 0 Å². The molecule has 0 saturated carbocycles. The van der Waals surface area contributed by atoms with Crippen molar-refractivity contribution in [3.63, 3.8) is 0 Å². The number of hydrogen-bond donors (Lipinski definition) is 2. The Morgan fingerprint density at radius 3 is 2.58 bits per heavy atom. The first-order chi connectivity index (χ1) is 8.59. The first-order valence-electron chi connectivity index (χ1n) is 4.76. The number of primary amides is 1. The molecule has 1 aromatic carbocycles. The highest BCUT2D eigenvalue weighted by Gasteiger charge is 2.28. The maximum Gasteiger partial charge on any atom is 0.246 e. The standard InChI is InChI=1S/C9H10BrClFN3O3S/c1-15(3-6(13)16)19(17,18)5-2-4(11)7(10)9(14)8(5)12/h2H,3,14H2,1H3,(H2,13,16). The number of carbonyl (C=O) groups is 1. The Labute approximate surface area is 122 Å². The van der Waals surface area contributed by atoms with Crippen molar-refractivity contribution in [2.45, 2.75) is 4.90 Å². The number of benzene rings is 1. The lowest BCUT2D eigenvalue weighted by Gasteiger charge is -2.17. The summed E-state index contributed by atoms with van der Waals surface area (Å²) in [4.78, 5) is 10.0. The van der Waals surface area contributed by atoms with E-state index in [4.69, 9.17) is 23.1 Å². The number of halogens is 3. The van der Waals surface area contributed by atoms with Gasteiger partial charge in [0, 0.05) is 7.05 Å². The van der Waals surface area contributed by atoms with E-state index in [9.17, 15) is 17.6 Å². The van der Waals surface area contributed by atoms with Gasteiger partial charge in [0.15, 0.2) is 5.82 Å². The quantitative estimate of drug-likeness (QED) is 0.604. The summed E-state index contributed by atoms with van der Waals surface area (Å²) in [7, 11) is -3.17. The van der Waals surface area contributed by atoms with E-state index >= 15 is 0 Å². The molecule has 0 heterocycles. The predicted octanol–water partition coefficient (Wildman–Crippen LogP) is 0.930. The third-order valence-electron chi connectivity index (χ3n) is 2.22. The third kappa shape index (κ3) is 3.16. The minimum absolute atomic E-state index is 0.0585. The topological polar surface area (TPSA) is 106 Å². The molecule has 1 amide bonds. The number of anilines is 1. The molecule has 1 rings (SSSR count). The highest BCUT2D eigenvalue weighted by molar-refractivity contribution is 9.10. The smallest absolute Gasteiger partial charge is 0.246 e. The molecule has 0 aliphatic heterocycles. The minimum Gasteiger partial charge on any atom is -0.395 e. The van der Waals surface area contributed by atoms with Gasteiger partial charge in [-0.15, -0.1) is 0 Å². The fourth-order valence-electron chi connectivity index (χ4n) is 1.26. The molecule has 0 radical (unpaired) electrons. The Morgan fingerprint density at radius 1 is 1.58 bits per heavy atom. The summed E-state index contributed by atoms with van der Waals surface area (Å²) < 4.78 is 38.7. The van der Waals surface area contributed by atoms with Gasteiger partial charge in [-0.05, 0) is 22.0 Å². The van der Waals surface area contributed by atoms with Crippen molar-refractivity contribution >= 4 is 49.1 Å². The Balaban J connectivity index is 3.42. The summed E-state index contributed by atoms with van der Waals surface area (Å²) in [6, 6.07) is 0.907. The van der Waals surface area contributed by atoms with E-state index in [2.05, 4.69) is 15.9 Å². The van der Waals surface area contributed by atoms with E-state index in [1.165, 1.54) is 0 Å². The van der Waals surface area contributed by atoms with Crippen LogP contribution >= 0.6 is 27.5 Å². The highest BCUT2D eigenvalue weighted by atomic mass is 79.9. The summed E-state index contributed by atoms with van der Waals surface area (Å²) >= 11 is 8.67. The van der Waals surface area contributed by atoms with Gasteiger partial charge in [0.05, 0.1) is 21.7 Å². The average molecular weight is 375 g/mol. The lowest BCUT2D eigenvalue weighted by atomic mass is 10.3. The van der Waals surface area contributed by atoms with Gasteiger partial charge in [-0.3, -0.25) is 4.79 Å². The molecule has 0 spiro atoms. The number of rotatable bonds is 4. The van der Waals surface area contributed by atoms with Crippen molar-refractivity contribution < 1.29 is 17.6 Å². The number of nitrogen functional groups attached to an aromatic ring is 1. The number of likely N-dealkylation sites (N-methyl/N-ethyl adjacent to an activating group) is 1. The van der Waals surface area contributed by atoms with Crippen LogP contribution < -0.4 is 11.5 Å². The van der Waals surface area contributed by atoms with Crippen LogP contribution in [0, 0.1) is 5.82 Å². The van der Waals surface area contributed by atoms with Gasteiger partial charge in [0.2, 0.25) is 15.9 Å². The van der Waals surface area contributed by atoms with E-state index < -0.39 is 38.9 Å². The van der Waals surface area contributed by atoms with Crippen LogP contribution in [-0.2, 0) is 14.8 Å². The molecule has 10 heteroatoms. The van der Waals surface area contributed by atoms with Gasteiger partial charge in [0.1, 0.15) is 4.90 Å². The average Bonchev–Trinajstić information content (AvgIpc) is 2.30. The molecule has 0 aromatic heterocycles. The molecule has 4 N–H and O–H groups in total. The Morgan fingerprint density at radius 2 is 2.11 bits per heavy atom. The highest BCUT2D eigenvalue weighted by Crippen LogP contribution is 2.35. The molecule has 106 valence electrons. The maximum absolute atomic E-state index is 13.9. The van der Waals surface area contributed by atoms with Crippen LogP contribution in [0.3, 0.4) is 0 Å². The minimum atomic E-state index is -4.25. The molecule has 0 aliphatic rings. The Kier molecular flexibility index (Phi) is 4.77. The van der Waals surface area contributed by atoms with Crippen LogP contribution in [0.15, 0.2) is 15.4 Å². The number of nitrogens with zero attached hydrogens (tertiary/aromatic N) is 1. The van der Waals surface area contributed by atoms with Gasteiger partial charge in [-0.25, -0.2) is 12.8 Å². The van der Waals surface area contributed by atoms with E-state index in [-0.39, 0.29) is 9.50 Å². The van der Waals surface area contributed by atoms with Crippen LogP contribution in [0.25, 0.3) is 0 Å². The van der Waals surface area contributed by atoms with Crippen molar-refractivity contribution in [3.8, 4) is 0 Å². The second kappa shape index (κ2) is 5.61. The van der Waals surface area contributed by atoms with Crippen molar-refractivity contribution in [3.05, 3.63) is 21.4 Å². The maximum atomic E-state index is 13.9. The third-order valence-corrected chi connectivity index (χ3v) is 5.41. The molecular weight excluding hydrogens is 365 g/mol. The normalized spacial score (nSPS) is 11.8. The summed E-state index contributed by atoms with van der Waals surface area (Å²) in [5.41, 5.74) is 9.86. The number of sulfonamides is 1. The zero-order chi connectivity index (χ0) is 15.0. The molecule has 0 aliphatic carbocycles. The molecular formula is C9H10BrClFN3O3S. The lowest BCUT2D eigenvalue weighted by Crippen LogP contribution is -2.35. The molecule has 0 bridgehead atoms. The van der Waals surface area contributed by atoms with Crippen LogP contribution in [-0.4, -0.2) is 32.2 Å². The summed E-state index contributed by atoms with van der Waals surface area (Å²) in [5, 5.41) is -0.0649. The van der Waals surface area contributed by atoms with Crippen molar-refractivity contribution in [1.29, 1.82) is 0 Å². The fraction of sp³-hybridized carbons (Fsp3) is 0.222. The monoisotopic (exact) mass is 373 g/mol. The van der Waals surface area contributed by atoms with Crippen molar-refractivity contribution in [2.75, 3.05) is 19.3 Å². The summed E-state index contributed by atoms with van der Waals surface area (Å²) in [5.74, 6) is -2.02. The number of amides is 1. The second-order valence-electron chi connectivity index (χ2n) is 3.63. The molecule has 0 atom stereocenters. The molecule has 0 fully saturated rings. The van der Waals surface area contributed by atoms with E-state index in [1.54, 1.807) is 0 Å². The SMILES string of the molecule is CN(CC(N)=O)S(=O)(=O)c1cc(Cl)c(Br)c(N)c1F. The first kappa shape index (κ1) is 16.2. The van der Waals surface area contributed by atoms with Gasteiger partial charge in [0.25, 0.3) is 0 Å². The van der Waals surface area contributed by atoms with E-state index in [0.717, 1.165) is 13.1 Å². The molecule has 6 nitrogen and oxygen atoms in total. The Bertz CT molecular complexity index is 638. The lowest BCUT2D eigenvalue weighted by molar-refractivity contribution is -0.118. The van der Waals surface area contributed by atoms with Gasteiger partial charge >= 0.3 is 0 Å². The van der Waals surface area contributed by atoms with Gasteiger partial charge in [-0.2, -0.15) is 4.31 Å². The summed E-state index contributed by atoms with van der Waals surface area (Å²) in [6.07, 6.45) is 0. The van der Waals surface area contributed by atoms with Crippen LogP contribution in [0.2, 0.25) is 5.02 Å². The van der Waals surface area contributed by atoms with Gasteiger partial charge < -0.3 is 11.5 Å². The van der Waals surface area contributed by atoms with Crippen LogP contribution in [0.4, 0.5) is 10.1 Å². The molecule has 19 heavy (non-hydrogen) atoms. The molecule has 0 saturated heterocycles. The largest absolute Gasteiger partial charge is 0.395 e. The second-order valence-corrected chi connectivity index (χ2v) is 6.84. The molecule has 0 unspecified atom stereocenters. The fourth-order valence-corrected chi connectivity index (χ4v) is 3.06. The van der Waals surface area contributed by atoms with Crippen LogP contribution in [0.5, 0.6) is 0 Å². The van der Waals surface area contributed by atoms with Crippen LogP contribution in [0.1, 0.15) is 0 Å². The zero-order valence-corrected chi connectivity index (χ0v) is 12.8. The number of nitrogens with two attached hydrogens (primary N) is 2. The zero-order valence-electron chi connectivity index (χ0n) is 9.65. The van der Waals surface area contributed by atoms with Crippen molar-refractivity contribution in [1.82, 2.24) is 4.31 Å². The van der Waals surface area contributed by atoms with Gasteiger partial charge in [-0.1, -0.05) is 11.6 Å². The van der Waals surface area contributed by atoms with E-state index in [0.29, 0.717) is 4.31 Å². The van der Waals surface area contributed by atoms with Crippen molar-refractivity contribution in [2.24, 2.45) is 5.73 Å². The summed E-state index contributed by atoms with van der Waals surface area (Å²) in [6.45, 7) is -0.588.